The number of benzene rings is 1. The van der Waals surface area contributed by atoms with Crippen molar-refractivity contribution in [3.8, 4) is 0 Å². The molecule has 1 fully saturated rings. The second-order valence-electron chi connectivity index (χ2n) is 7.09. The number of rotatable bonds is 4. The van der Waals surface area contributed by atoms with E-state index in [0.717, 1.165) is 18.5 Å². The second kappa shape index (κ2) is 6.37. The Bertz CT molecular complexity index is 555. The Balaban J connectivity index is 1.92. The van der Waals surface area contributed by atoms with Crippen LogP contribution in [0.15, 0.2) is 30.3 Å². The molecule has 3 nitrogen and oxygen atoms in total. The van der Waals surface area contributed by atoms with Crippen LogP contribution < -0.4 is 10.6 Å². The molecule has 0 spiro atoms. The van der Waals surface area contributed by atoms with Crippen LogP contribution in [0, 0.1) is 16.7 Å². The number of nitrogens with one attached hydrogen (secondary N) is 2. The fourth-order valence-electron chi connectivity index (χ4n) is 3.28. The van der Waals surface area contributed by atoms with Gasteiger partial charge < -0.3 is 10.6 Å². The fourth-order valence-corrected chi connectivity index (χ4v) is 3.47. The minimum Gasteiger partial charge on any atom is -0.355 e. The van der Waals surface area contributed by atoms with Gasteiger partial charge in [0, 0.05) is 11.1 Å². The zero-order valence-corrected chi connectivity index (χ0v) is 14.7. The number of hydrogen-bond acceptors (Lipinski definition) is 2. The van der Waals surface area contributed by atoms with E-state index in [9.17, 15) is 4.79 Å². The smallest absolute Gasteiger partial charge is 0.171 e. The van der Waals surface area contributed by atoms with Crippen LogP contribution in [-0.2, 0) is 4.79 Å². The normalized spacial score (nSPS) is 26.5. The summed E-state index contributed by atoms with van der Waals surface area (Å²) in [5.74, 6) is 0.815. The van der Waals surface area contributed by atoms with Crippen LogP contribution in [-0.4, -0.2) is 17.4 Å². The average Bonchev–Trinajstić information content (AvgIpc) is 2.70. The number of anilines is 1. The highest BCUT2D eigenvalue weighted by Gasteiger charge is 2.53. The summed E-state index contributed by atoms with van der Waals surface area (Å²) in [5.41, 5.74) is 0.677. The highest BCUT2D eigenvalue weighted by molar-refractivity contribution is 7.80. The largest absolute Gasteiger partial charge is 0.355 e. The van der Waals surface area contributed by atoms with Crippen LogP contribution in [0.2, 0.25) is 0 Å². The van der Waals surface area contributed by atoms with Gasteiger partial charge in [0.25, 0.3) is 0 Å². The van der Waals surface area contributed by atoms with Gasteiger partial charge in [-0.3, -0.25) is 4.79 Å². The van der Waals surface area contributed by atoms with E-state index < -0.39 is 0 Å². The van der Waals surface area contributed by atoms with Crippen molar-refractivity contribution in [1.82, 2.24) is 5.32 Å². The number of ketones is 1. The molecule has 2 N–H and O–H groups in total. The summed E-state index contributed by atoms with van der Waals surface area (Å²) in [4.78, 5) is 12.7. The highest BCUT2D eigenvalue weighted by atomic mass is 32.1. The molecular weight excluding hydrogens is 292 g/mol. The quantitative estimate of drug-likeness (QED) is 0.823. The van der Waals surface area contributed by atoms with Crippen molar-refractivity contribution in [2.75, 3.05) is 11.9 Å². The van der Waals surface area contributed by atoms with Gasteiger partial charge in [0.05, 0.1) is 6.54 Å². The summed E-state index contributed by atoms with van der Waals surface area (Å²) in [5, 5.41) is 6.65. The van der Waals surface area contributed by atoms with E-state index in [1.807, 2.05) is 30.3 Å². The predicted octanol–water partition coefficient (Wildman–Crippen LogP) is 4.00. The molecule has 0 radical (unpaired) electrons. The first kappa shape index (κ1) is 16.9. The first-order chi connectivity index (χ1) is 10.3. The molecule has 1 saturated carbocycles. The predicted molar refractivity (Wildman–Crippen MR) is 96.0 cm³/mol. The van der Waals surface area contributed by atoms with Gasteiger partial charge in [0.1, 0.15) is 0 Å². The minimum absolute atomic E-state index is 0.0280. The molecule has 4 heteroatoms. The lowest BCUT2D eigenvalue weighted by molar-refractivity contribution is -0.132. The van der Waals surface area contributed by atoms with Crippen molar-refractivity contribution in [2.24, 2.45) is 16.7 Å². The van der Waals surface area contributed by atoms with Gasteiger partial charge in [0.2, 0.25) is 0 Å². The van der Waals surface area contributed by atoms with Gasteiger partial charge in [-0.1, -0.05) is 45.9 Å². The van der Waals surface area contributed by atoms with Gasteiger partial charge in [-0.05, 0) is 48.5 Å². The lowest BCUT2D eigenvalue weighted by Gasteiger charge is -2.39. The molecule has 2 atom stereocenters. The SMILES string of the molecule is CC1CCC(C)(C(=O)CNC(=S)Nc2ccccc2)C1(C)C. The van der Waals surface area contributed by atoms with Crippen molar-refractivity contribution in [3.05, 3.63) is 30.3 Å². The standard InChI is InChI=1S/C18H26N2OS/c1-13-10-11-18(4,17(13,2)3)15(21)12-19-16(22)20-14-8-6-5-7-9-14/h5-9,13H,10-12H2,1-4H3,(H2,19,20,22). The average molecular weight is 318 g/mol. The van der Waals surface area contributed by atoms with E-state index in [2.05, 4.69) is 38.3 Å². The first-order valence-electron chi connectivity index (χ1n) is 7.90. The monoisotopic (exact) mass is 318 g/mol. The fraction of sp³-hybridized carbons (Fsp3) is 0.556. The first-order valence-corrected chi connectivity index (χ1v) is 8.31. The van der Waals surface area contributed by atoms with Crippen molar-refractivity contribution >= 4 is 28.8 Å². The van der Waals surface area contributed by atoms with Crippen LogP contribution in [0.3, 0.4) is 0 Å². The van der Waals surface area contributed by atoms with Crippen molar-refractivity contribution in [1.29, 1.82) is 0 Å². The van der Waals surface area contributed by atoms with Crippen molar-refractivity contribution in [2.45, 2.75) is 40.5 Å². The highest BCUT2D eigenvalue weighted by Crippen LogP contribution is 2.56. The molecule has 1 aromatic carbocycles. The Morgan fingerprint density at radius 1 is 1.27 bits per heavy atom. The van der Waals surface area contributed by atoms with Crippen LogP contribution >= 0.6 is 12.2 Å². The van der Waals surface area contributed by atoms with Gasteiger partial charge in [-0.2, -0.15) is 0 Å². The van der Waals surface area contributed by atoms with Crippen LogP contribution in [0.5, 0.6) is 0 Å². The Morgan fingerprint density at radius 3 is 2.45 bits per heavy atom. The third-order valence-corrected chi connectivity index (χ3v) is 6.03. The van der Waals surface area contributed by atoms with E-state index >= 15 is 0 Å². The summed E-state index contributed by atoms with van der Waals surface area (Å²) in [6, 6.07) is 9.73. The molecule has 0 bridgehead atoms. The van der Waals surface area contributed by atoms with Crippen molar-refractivity contribution in [3.63, 3.8) is 0 Å². The maximum absolute atomic E-state index is 12.7. The summed E-state index contributed by atoms with van der Waals surface area (Å²) in [6.07, 6.45) is 2.07. The summed E-state index contributed by atoms with van der Waals surface area (Å²) < 4.78 is 0. The lowest BCUT2D eigenvalue weighted by Crippen LogP contribution is -2.45. The number of Topliss-reactive ketones (excluding diaryl/α,β-unsaturated/α-hetero) is 1. The third-order valence-electron chi connectivity index (χ3n) is 5.79. The van der Waals surface area contributed by atoms with Gasteiger partial charge >= 0.3 is 0 Å². The molecule has 2 rings (SSSR count). The van der Waals surface area contributed by atoms with E-state index in [0.29, 0.717) is 11.0 Å². The van der Waals surface area contributed by atoms with E-state index in [1.165, 1.54) is 0 Å². The maximum Gasteiger partial charge on any atom is 0.171 e. The molecule has 0 saturated heterocycles. The number of carbonyl (C=O) groups excluding carboxylic acids is 1. The van der Waals surface area contributed by atoms with Crippen LogP contribution in [0.25, 0.3) is 0 Å². The zero-order valence-electron chi connectivity index (χ0n) is 13.9. The Labute approximate surface area is 138 Å². The molecule has 1 aromatic rings. The molecule has 120 valence electrons. The minimum atomic E-state index is -0.276. The van der Waals surface area contributed by atoms with E-state index in [1.54, 1.807) is 0 Å². The molecule has 0 amide bonds. The molecule has 0 heterocycles. The molecule has 22 heavy (non-hydrogen) atoms. The van der Waals surface area contributed by atoms with E-state index in [-0.39, 0.29) is 23.2 Å². The third kappa shape index (κ3) is 3.17. The Kier molecular flexibility index (Phi) is 4.90. The molecule has 1 aliphatic carbocycles. The topological polar surface area (TPSA) is 41.1 Å². The molecule has 2 unspecified atom stereocenters. The van der Waals surface area contributed by atoms with Gasteiger partial charge in [-0.25, -0.2) is 0 Å². The van der Waals surface area contributed by atoms with Gasteiger partial charge in [-0.15, -0.1) is 0 Å². The summed E-state index contributed by atoms with van der Waals surface area (Å²) in [6.45, 7) is 9.05. The molecule has 0 aromatic heterocycles. The second-order valence-corrected chi connectivity index (χ2v) is 7.50. The molecule has 1 aliphatic rings. The number of carbonyl (C=O) groups is 1. The van der Waals surface area contributed by atoms with Crippen molar-refractivity contribution < 1.29 is 4.79 Å². The zero-order chi connectivity index (χ0) is 16.4. The molecule has 0 aliphatic heterocycles. The van der Waals surface area contributed by atoms with Crippen LogP contribution in [0.1, 0.15) is 40.5 Å². The van der Waals surface area contributed by atoms with Crippen LogP contribution in [0.4, 0.5) is 5.69 Å². The Hall–Kier alpha value is -1.42. The lowest BCUT2D eigenvalue weighted by atomic mass is 9.64. The number of hydrogen-bond donors (Lipinski definition) is 2. The van der Waals surface area contributed by atoms with E-state index in [4.69, 9.17) is 12.2 Å². The van der Waals surface area contributed by atoms with Gasteiger partial charge in [0.15, 0.2) is 10.9 Å². The summed E-state index contributed by atoms with van der Waals surface area (Å²) >= 11 is 5.27. The number of para-hydroxylation sites is 1. The Morgan fingerprint density at radius 2 is 1.91 bits per heavy atom. The summed E-state index contributed by atoms with van der Waals surface area (Å²) in [7, 11) is 0. The number of thiocarbonyl (C=S) groups is 1. The maximum atomic E-state index is 12.7. The molecular formula is C18H26N2OS.